The Morgan fingerprint density at radius 3 is 0.977 bits per heavy atom. The zero-order valence-electron chi connectivity index (χ0n) is 25.7. The number of hydrogen-bond acceptors (Lipinski definition) is 4. The molecule has 0 radical (unpaired) electrons. The Bertz CT molecular complexity index is 1160. The Balaban J connectivity index is 0.000000293. The van der Waals surface area contributed by atoms with Gasteiger partial charge in [-0.3, -0.25) is 4.79 Å². The highest BCUT2D eigenvalue weighted by Gasteiger charge is 2.27. The van der Waals surface area contributed by atoms with Gasteiger partial charge >= 0.3 is 11.9 Å². The third-order valence-electron chi connectivity index (χ3n) is 7.05. The first-order valence-electron chi connectivity index (χ1n) is 14.6. The minimum Gasteiger partial charge on any atom is -1.00 e. The van der Waals surface area contributed by atoms with E-state index in [2.05, 4.69) is 54.3 Å². The first-order valence-corrected chi connectivity index (χ1v) is 14.6. The van der Waals surface area contributed by atoms with Crippen LogP contribution in [0.3, 0.4) is 0 Å². The van der Waals surface area contributed by atoms with Crippen LogP contribution in [0.25, 0.3) is 0 Å². The summed E-state index contributed by atoms with van der Waals surface area (Å²) in [7, 11) is 0. The molecule has 5 nitrogen and oxygen atoms in total. The smallest absolute Gasteiger partial charge is 0.364 e. The summed E-state index contributed by atoms with van der Waals surface area (Å²) < 4.78 is 11.2. The molecule has 0 bridgehead atoms. The molecule has 228 valence electrons. The molecule has 0 aromatic heterocycles. The summed E-state index contributed by atoms with van der Waals surface area (Å²) in [6, 6.07) is 40.3. The van der Waals surface area contributed by atoms with Crippen LogP contribution in [0.4, 0.5) is 0 Å². The third-order valence-corrected chi connectivity index (χ3v) is 7.05. The molecule has 3 N–H and O–H groups in total. The van der Waals surface area contributed by atoms with Crippen molar-refractivity contribution in [3.63, 3.8) is 0 Å². The van der Waals surface area contributed by atoms with Crippen LogP contribution in [-0.4, -0.2) is 30.2 Å². The zero-order valence-corrected chi connectivity index (χ0v) is 26.5. The van der Waals surface area contributed by atoms with E-state index in [4.69, 9.17) is 9.47 Å². The summed E-state index contributed by atoms with van der Waals surface area (Å²) in [5.74, 6) is -0.455. The van der Waals surface area contributed by atoms with Crippen molar-refractivity contribution in [1.82, 2.24) is 0 Å². The molecule has 43 heavy (non-hydrogen) atoms. The standard InChI is InChI=1S/C19H22O2.C18H21NO2.ClH/c1-14(2)19(20)21-15(3)18(16-10-6-4-7-11-16)17-12-8-5-9-13-17;1-13(19)18(20)21-14(2)17(15-9-5-3-6-10-15)16-11-7-4-8-12-16;/h4-15,18H,1-3H3;3-14,17H,19H2,1-2H3;1H/t15-;13-,14-;/m00./s1. The number of ether oxygens (including phenoxy) is 2. The Kier molecular flexibility index (Phi) is 14.7. The average molecular weight is 602 g/mol. The van der Waals surface area contributed by atoms with Gasteiger partial charge in [0.1, 0.15) is 12.2 Å². The highest BCUT2D eigenvalue weighted by Crippen LogP contribution is 2.31. The molecule has 0 saturated heterocycles. The van der Waals surface area contributed by atoms with Gasteiger partial charge in [0.15, 0.2) is 6.04 Å². The number of halogens is 1. The van der Waals surface area contributed by atoms with Crippen molar-refractivity contribution in [3.05, 3.63) is 144 Å². The van der Waals surface area contributed by atoms with Crippen LogP contribution in [0.2, 0.25) is 0 Å². The van der Waals surface area contributed by atoms with E-state index in [9.17, 15) is 9.59 Å². The molecule has 4 aromatic rings. The molecule has 0 spiro atoms. The molecule has 4 aromatic carbocycles. The monoisotopic (exact) mass is 601 g/mol. The van der Waals surface area contributed by atoms with E-state index in [1.54, 1.807) is 6.92 Å². The second-order valence-electron chi connectivity index (χ2n) is 10.9. The van der Waals surface area contributed by atoms with Gasteiger partial charge in [0.2, 0.25) is 0 Å². The summed E-state index contributed by atoms with van der Waals surface area (Å²) in [5.41, 5.74) is 8.32. The lowest BCUT2D eigenvalue weighted by Gasteiger charge is -2.25. The van der Waals surface area contributed by atoms with Gasteiger partial charge in [0, 0.05) is 11.8 Å². The molecule has 6 heteroatoms. The van der Waals surface area contributed by atoms with Gasteiger partial charge in [0.05, 0.1) is 5.92 Å². The maximum absolute atomic E-state index is 11.9. The summed E-state index contributed by atoms with van der Waals surface area (Å²) in [4.78, 5) is 23.7. The fraction of sp³-hybridized carbons (Fsp3) is 0.297. The highest BCUT2D eigenvalue weighted by molar-refractivity contribution is 5.73. The summed E-state index contributed by atoms with van der Waals surface area (Å²) in [6.45, 7) is 9.36. The van der Waals surface area contributed by atoms with E-state index in [1.165, 1.54) is 0 Å². The van der Waals surface area contributed by atoms with Gasteiger partial charge in [-0.05, 0) is 43.0 Å². The number of hydrogen-bond donors (Lipinski definition) is 1. The number of quaternary nitrogens is 1. The molecule has 0 unspecified atom stereocenters. The minimum atomic E-state index is -0.361. The maximum Gasteiger partial charge on any atom is 0.364 e. The topological polar surface area (TPSA) is 80.2 Å². The lowest BCUT2D eigenvalue weighted by molar-refractivity contribution is -0.403. The number of esters is 2. The van der Waals surface area contributed by atoms with E-state index in [0.29, 0.717) is 0 Å². The first kappa shape index (κ1) is 35.3. The van der Waals surface area contributed by atoms with E-state index >= 15 is 0 Å². The van der Waals surface area contributed by atoms with Crippen LogP contribution < -0.4 is 18.1 Å². The van der Waals surface area contributed by atoms with E-state index in [-0.39, 0.29) is 60.3 Å². The van der Waals surface area contributed by atoms with Gasteiger partial charge in [-0.1, -0.05) is 135 Å². The van der Waals surface area contributed by atoms with Crippen LogP contribution in [0, 0.1) is 5.92 Å². The predicted octanol–water partition coefficient (Wildman–Crippen LogP) is 3.79. The summed E-state index contributed by atoms with van der Waals surface area (Å²) in [6.07, 6.45) is -0.448. The molecule has 0 fully saturated rings. The van der Waals surface area contributed by atoms with Gasteiger partial charge in [0.25, 0.3) is 0 Å². The van der Waals surface area contributed by atoms with Crippen molar-refractivity contribution in [2.75, 3.05) is 0 Å². The van der Waals surface area contributed by atoms with Crippen LogP contribution in [0.15, 0.2) is 121 Å². The van der Waals surface area contributed by atoms with Crippen LogP contribution in [0.1, 0.15) is 68.7 Å². The minimum absolute atomic E-state index is 0. The second kappa shape index (κ2) is 17.9. The second-order valence-corrected chi connectivity index (χ2v) is 10.9. The van der Waals surface area contributed by atoms with Crippen LogP contribution >= 0.6 is 0 Å². The number of carbonyl (C=O) groups is 2. The van der Waals surface area contributed by atoms with Crippen molar-refractivity contribution in [2.24, 2.45) is 5.92 Å². The SMILES string of the molecule is CC(C)C(=O)O[C@@H](C)C(c1ccccc1)c1ccccc1.C[C@H]([NH3+])C(=O)O[C@@H](C)C(c1ccccc1)c1ccccc1.[Cl-]. The van der Waals surface area contributed by atoms with Gasteiger partial charge < -0.3 is 27.6 Å². The highest BCUT2D eigenvalue weighted by atomic mass is 35.5. The molecule has 0 aliphatic heterocycles. The lowest BCUT2D eigenvalue weighted by atomic mass is 9.87. The summed E-state index contributed by atoms with van der Waals surface area (Å²) >= 11 is 0. The van der Waals surface area contributed by atoms with Gasteiger partial charge in [-0.25, -0.2) is 4.79 Å². The molecule has 0 amide bonds. The van der Waals surface area contributed by atoms with E-state index in [1.807, 2.05) is 100 Å². The van der Waals surface area contributed by atoms with Crippen molar-refractivity contribution in [2.45, 2.75) is 64.7 Å². The molecular weight excluding hydrogens is 558 g/mol. The number of carbonyl (C=O) groups excluding carboxylic acids is 2. The number of rotatable bonds is 10. The number of benzene rings is 4. The van der Waals surface area contributed by atoms with E-state index < -0.39 is 0 Å². The predicted molar refractivity (Wildman–Crippen MR) is 168 cm³/mol. The van der Waals surface area contributed by atoms with Crippen molar-refractivity contribution >= 4 is 11.9 Å². The fourth-order valence-electron chi connectivity index (χ4n) is 4.87. The Labute approximate surface area is 262 Å². The molecule has 0 saturated carbocycles. The van der Waals surface area contributed by atoms with E-state index in [0.717, 1.165) is 22.3 Å². The normalized spacial score (nSPS) is 12.8. The first-order chi connectivity index (χ1) is 20.2. The van der Waals surface area contributed by atoms with Crippen LogP contribution in [-0.2, 0) is 19.1 Å². The molecule has 0 aliphatic rings. The van der Waals surface area contributed by atoms with Crippen molar-refractivity contribution < 1.29 is 37.2 Å². The molecular formula is C37H44ClNO4. The largest absolute Gasteiger partial charge is 1.00 e. The van der Waals surface area contributed by atoms with Gasteiger partial charge in [-0.2, -0.15) is 0 Å². The molecule has 0 aliphatic carbocycles. The Morgan fingerprint density at radius 1 is 0.488 bits per heavy atom. The maximum atomic E-state index is 11.9. The van der Waals surface area contributed by atoms with Crippen molar-refractivity contribution in [1.29, 1.82) is 0 Å². The lowest BCUT2D eigenvalue weighted by Crippen LogP contribution is -3.00. The average Bonchev–Trinajstić information content (AvgIpc) is 3.00. The Hall–Kier alpha value is -3.93. The Morgan fingerprint density at radius 2 is 0.744 bits per heavy atom. The molecule has 3 atom stereocenters. The molecule has 0 heterocycles. The zero-order chi connectivity index (χ0) is 30.5. The summed E-state index contributed by atoms with van der Waals surface area (Å²) in [5, 5.41) is 0. The van der Waals surface area contributed by atoms with Crippen LogP contribution in [0.5, 0.6) is 0 Å². The fourth-order valence-corrected chi connectivity index (χ4v) is 4.87. The van der Waals surface area contributed by atoms with Gasteiger partial charge in [-0.15, -0.1) is 0 Å². The molecule has 4 rings (SSSR count). The third kappa shape index (κ3) is 10.7. The quantitative estimate of drug-likeness (QED) is 0.281. The van der Waals surface area contributed by atoms with Crippen molar-refractivity contribution in [3.8, 4) is 0 Å².